The molecule has 2 heterocycles. The summed E-state index contributed by atoms with van der Waals surface area (Å²) in [5.41, 5.74) is 3.64. The molecule has 0 aliphatic carbocycles. The van der Waals surface area contributed by atoms with Gasteiger partial charge in [-0.25, -0.2) is 0 Å². The van der Waals surface area contributed by atoms with Crippen molar-refractivity contribution in [3.63, 3.8) is 0 Å². The largest absolute Gasteiger partial charge is 0.497 e. The van der Waals surface area contributed by atoms with Crippen molar-refractivity contribution in [2.75, 3.05) is 20.2 Å². The maximum absolute atomic E-state index is 12.7. The number of hydrogen-bond acceptors (Lipinski definition) is 4. The number of thiophene rings is 1. The molecule has 1 aliphatic heterocycles. The van der Waals surface area contributed by atoms with Gasteiger partial charge in [0.05, 0.1) is 19.7 Å². The summed E-state index contributed by atoms with van der Waals surface area (Å²) in [5, 5.41) is 5.22. The van der Waals surface area contributed by atoms with E-state index in [9.17, 15) is 4.79 Å². The smallest absolute Gasteiger partial charge is 0.234 e. The number of carbonyl (C=O) groups excluding carboxylic acids is 1. The molecule has 0 saturated heterocycles. The Morgan fingerprint density at radius 2 is 1.93 bits per heavy atom. The van der Waals surface area contributed by atoms with Crippen molar-refractivity contribution in [1.82, 2.24) is 10.2 Å². The van der Waals surface area contributed by atoms with E-state index in [0.717, 1.165) is 24.3 Å². The number of rotatable bonds is 6. The van der Waals surface area contributed by atoms with E-state index < -0.39 is 0 Å². The number of hydrogen-bond donors (Lipinski definition) is 1. The summed E-state index contributed by atoms with van der Waals surface area (Å²) in [5.74, 6) is 0.871. The zero-order valence-corrected chi connectivity index (χ0v) is 16.7. The van der Waals surface area contributed by atoms with Gasteiger partial charge in [0.1, 0.15) is 5.75 Å². The first-order valence-corrected chi connectivity index (χ1v) is 10.4. The fraction of sp³-hybridized carbons (Fsp3) is 0.261. The van der Waals surface area contributed by atoms with Crippen molar-refractivity contribution in [2.24, 2.45) is 0 Å². The highest BCUT2D eigenvalue weighted by molar-refractivity contribution is 7.10. The van der Waals surface area contributed by atoms with Crippen LogP contribution in [0.15, 0.2) is 66.0 Å². The molecule has 5 heteroatoms. The van der Waals surface area contributed by atoms with Gasteiger partial charge in [0.25, 0.3) is 0 Å². The second-order valence-corrected chi connectivity index (χ2v) is 7.96. The first-order valence-electron chi connectivity index (χ1n) is 9.49. The van der Waals surface area contributed by atoms with Crippen LogP contribution in [0, 0.1) is 0 Å². The average molecular weight is 393 g/mol. The van der Waals surface area contributed by atoms with Gasteiger partial charge in [-0.1, -0.05) is 42.5 Å². The monoisotopic (exact) mass is 392 g/mol. The Kier molecular flexibility index (Phi) is 5.74. The molecule has 0 saturated carbocycles. The fourth-order valence-electron chi connectivity index (χ4n) is 3.75. The summed E-state index contributed by atoms with van der Waals surface area (Å²) in [4.78, 5) is 16.4. The van der Waals surface area contributed by atoms with Crippen LogP contribution in [0.1, 0.15) is 27.6 Å². The lowest BCUT2D eigenvalue weighted by Crippen LogP contribution is -2.42. The van der Waals surface area contributed by atoms with Crippen molar-refractivity contribution < 1.29 is 9.53 Å². The summed E-state index contributed by atoms with van der Waals surface area (Å²) in [6, 6.07) is 20.6. The van der Waals surface area contributed by atoms with Crippen molar-refractivity contribution in [2.45, 2.75) is 19.0 Å². The number of ether oxygens (including phenoxy) is 1. The molecule has 0 spiro atoms. The van der Waals surface area contributed by atoms with E-state index in [1.807, 2.05) is 41.7 Å². The molecule has 4 nitrogen and oxygen atoms in total. The molecule has 1 aromatic heterocycles. The number of nitrogens with one attached hydrogen (secondary N) is 1. The van der Waals surface area contributed by atoms with Gasteiger partial charge in [0.15, 0.2) is 0 Å². The van der Waals surface area contributed by atoms with E-state index in [-0.39, 0.29) is 11.9 Å². The summed E-state index contributed by atoms with van der Waals surface area (Å²) in [6.07, 6.45) is 1.00. The lowest BCUT2D eigenvalue weighted by atomic mass is 9.93. The molecule has 144 valence electrons. The maximum Gasteiger partial charge on any atom is 0.234 e. The summed E-state index contributed by atoms with van der Waals surface area (Å²) in [7, 11) is 1.65. The van der Waals surface area contributed by atoms with Crippen LogP contribution in [0.5, 0.6) is 5.75 Å². The van der Waals surface area contributed by atoms with Gasteiger partial charge in [-0.2, -0.15) is 0 Å². The van der Waals surface area contributed by atoms with Crippen LogP contribution >= 0.6 is 11.3 Å². The minimum absolute atomic E-state index is 0.0513. The lowest BCUT2D eigenvalue weighted by molar-refractivity contribution is -0.122. The van der Waals surface area contributed by atoms with Gasteiger partial charge in [-0.05, 0) is 46.7 Å². The average Bonchev–Trinajstić information content (AvgIpc) is 3.22. The van der Waals surface area contributed by atoms with Crippen LogP contribution in [0.25, 0.3) is 0 Å². The van der Waals surface area contributed by atoms with Gasteiger partial charge in [-0.15, -0.1) is 11.3 Å². The van der Waals surface area contributed by atoms with E-state index in [4.69, 9.17) is 4.74 Å². The van der Waals surface area contributed by atoms with Crippen molar-refractivity contribution in [3.8, 4) is 5.75 Å². The van der Waals surface area contributed by atoms with Crippen molar-refractivity contribution in [1.29, 1.82) is 0 Å². The highest BCUT2D eigenvalue weighted by atomic mass is 32.1. The third kappa shape index (κ3) is 4.11. The quantitative estimate of drug-likeness (QED) is 0.689. The van der Waals surface area contributed by atoms with Crippen LogP contribution in [0.4, 0.5) is 0 Å². The van der Waals surface area contributed by atoms with Crippen molar-refractivity contribution >= 4 is 17.2 Å². The SMILES string of the molecule is COc1ccc(CNC(=O)CN2CCc3sccc3[C@H]2c2ccccc2)cc1. The van der Waals surface area contributed by atoms with Crippen LogP contribution < -0.4 is 10.1 Å². The first-order chi connectivity index (χ1) is 13.7. The molecule has 1 aliphatic rings. The first kappa shape index (κ1) is 18.7. The summed E-state index contributed by atoms with van der Waals surface area (Å²) < 4.78 is 5.18. The molecule has 0 radical (unpaired) electrons. The van der Waals surface area contributed by atoms with Crippen LogP contribution in [0.3, 0.4) is 0 Å². The zero-order chi connectivity index (χ0) is 19.3. The molecule has 4 rings (SSSR count). The molecule has 0 bridgehead atoms. The molecule has 28 heavy (non-hydrogen) atoms. The third-order valence-electron chi connectivity index (χ3n) is 5.18. The Labute approximate surface area is 169 Å². The fourth-order valence-corrected chi connectivity index (χ4v) is 4.65. The second kappa shape index (κ2) is 8.59. The Bertz CT molecular complexity index is 921. The van der Waals surface area contributed by atoms with Crippen LogP contribution in [0.2, 0.25) is 0 Å². The molecule has 0 unspecified atom stereocenters. The van der Waals surface area contributed by atoms with E-state index >= 15 is 0 Å². The second-order valence-electron chi connectivity index (χ2n) is 6.96. The Morgan fingerprint density at radius 1 is 1.14 bits per heavy atom. The van der Waals surface area contributed by atoms with E-state index in [0.29, 0.717) is 13.1 Å². The molecule has 1 amide bonds. The zero-order valence-electron chi connectivity index (χ0n) is 15.9. The molecular formula is C23H24N2O2S. The molecule has 2 aromatic carbocycles. The topological polar surface area (TPSA) is 41.6 Å². The van der Waals surface area contributed by atoms with Gasteiger partial charge < -0.3 is 10.1 Å². The lowest BCUT2D eigenvalue weighted by Gasteiger charge is -2.35. The van der Waals surface area contributed by atoms with E-state index in [1.165, 1.54) is 16.0 Å². The number of amides is 1. The van der Waals surface area contributed by atoms with Crippen LogP contribution in [-0.2, 0) is 17.8 Å². The van der Waals surface area contributed by atoms with Crippen LogP contribution in [-0.4, -0.2) is 31.0 Å². The summed E-state index contributed by atoms with van der Waals surface area (Å²) in [6.45, 7) is 1.81. The summed E-state index contributed by atoms with van der Waals surface area (Å²) >= 11 is 1.82. The van der Waals surface area contributed by atoms with Gasteiger partial charge in [-0.3, -0.25) is 9.69 Å². The highest BCUT2D eigenvalue weighted by Crippen LogP contribution is 2.37. The Balaban J connectivity index is 1.44. The van der Waals surface area contributed by atoms with E-state index in [2.05, 4.69) is 45.9 Å². The predicted octanol–water partition coefficient (Wildman–Crippen LogP) is 4.02. The minimum Gasteiger partial charge on any atom is -0.497 e. The Morgan fingerprint density at radius 3 is 2.68 bits per heavy atom. The third-order valence-corrected chi connectivity index (χ3v) is 6.17. The number of benzene rings is 2. The molecule has 0 fully saturated rings. The molecule has 1 atom stereocenters. The van der Waals surface area contributed by atoms with Gasteiger partial charge in [0, 0.05) is 18.0 Å². The highest BCUT2D eigenvalue weighted by Gasteiger charge is 2.30. The number of carbonyl (C=O) groups is 1. The molecular weight excluding hydrogens is 368 g/mol. The number of nitrogens with zero attached hydrogens (tertiary/aromatic N) is 1. The van der Waals surface area contributed by atoms with Gasteiger partial charge in [0.2, 0.25) is 5.91 Å². The minimum atomic E-state index is 0.0513. The van der Waals surface area contributed by atoms with Gasteiger partial charge >= 0.3 is 0 Å². The normalized spacial score (nSPS) is 16.4. The predicted molar refractivity (Wildman–Crippen MR) is 113 cm³/mol. The maximum atomic E-state index is 12.7. The Hall–Kier alpha value is -2.63. The number of fused-ring (bicyclic) bond motifs is 1. The standard InChI is InChI=1S/C23H24N2O2S/c1-27-19-9-7-17(8-10-19)15-24-22(26)16-25-13-11-21-20(12-14-28-21)23(25)18-5-3-2-4-6-18/h2-10,12,14,23H,11,13,15-16H2,1H3,(H,24,26)/t23-/m1/s1. The number of methoxy groups -OCH3 is 1. The molecule has 3 aromatic rings. The van der Waals surface area contributed by atoms with Crippen molar-refractivity contribution in [3.05, 3.63) is 87.6 Å². The molecule has 1 N–H and O–H groups in total. The van der Waals surface area contributed by atoms with E-state index in [1.54, 1.807) is 7.11 Å².